The van der Waals surface area contributed by atoms with Crippen molar-refractivity contribution < 1.29 is 4.79 Å². The zero-order valence-corrected chi connectivity index (χ0v) is 12.2. The van der Waals surface area contributed by atoms with Crippen molar-refractivity contribution >= 4 is 5.91 Å². The van der Waals surface area contributed by atoms with Gasteiger partial charge in [-0.15, -0.1) is 0 Å². The lowest BCUT2D eigenvalue weighted by atomic mass is 10.1. The molecular weight excluding hydrogens is 228 g/mol. The number of amides is 1. The van der Waals surface area contributed by atoms with Crippen molar-refractivity contribution in [2.45, 2.75) is 45.7 Å². The Hall–Kier alpha value is -0.650. The van der Waals surface area contributed by atoms with Crippen LogP contribution in [0.15, 0.2) is 0 Å². The lowest BCUT2D eigenvalue weighted by Crippen LogP contribution is -2.57. The lowest BCUT2D eigenvalue weighted by molar-refractivity contribution is -0.125. The number of carbonyl (C=O) groups excluding carboxylic acids is 1. The van der Waals surface area contributed by atoms with Crippen molar-refractivity contribution in [2.75, 3.05) is 33.2 Å². The molecule has 1 atom stereocenters. The molecule has 106 valence electrons. The summed E-state index contributed by atoms with van der Waals surface area (Å²) >= 11 is 0. The number of piperazine rings is 1. The number of hydrogen-bond donors (Lipinski definition) is 2. The van der Waals surface area contributed by atoms with Gasteiger partial charge in [0.15, 0.2) is 0 Å². The highest BCUT2D eigenvalue weighted by atomic mass is 16.2. The van der Waals surface area contributed by atoms with Gasteiger partial charge >= 0.3 is 0 Å². The van der Waals surface area contributed by atoms with Crippen LogP contribution >= 0.6 is 0 Å². The summed E-state index contributed by atoms with van der Waals surface area (Å²) in [5, 5.41) is 5.23. The highest BCUT2D eigenvalue weighted by Gasteiger charge is 2.20. The molecule has 1 heterocycles. The van der Waals surface area contributed by atoms with Crippen LogP contribution in [0, 0.1) is 0 Å². The number of likely N-dealkylation sites (N-methyl/N-ethyl adjacent to an activating group) is 1. The maximum Gasteiger partial charge on any atom is 0.238 e. The van der Waals surface area contributed by atoms with Gasteiger partial charge in [-0.1, -0.05) is 13.8 Å². The number of carbonyl (C=O) groups is 1. The molecule has 1 amide bonds. The van der Waals surface area contributed by atoms with Crippen molar-refractivity contribution in [3.05, 3.63) is 0 Å². The monoisotopic (exact) mass is 256 g/mol. The van der Waals surface area contributed by atoms with E-state index >= 15 is 0 Å². The lowest BCUT2D eigenvalue weighted by Gasteiger charge is -2.34. The minimum absolute atomic E-state index is 0.0997. The third-order valence-electron chi connectivity index (χ3n) is 3.60. The minimum Gasteiger partial charge on any atom is -0.352 e. The summed E-state index contributed by atoms with van der Waals surface area (Å²) in [4.78, 5) is 14.3. The zero-order chi connectivity index (χ0) is 13.5. The average molecular weight is 256 g/mol. The van der Waals surface area contributed by atoms with Crippen LogP contribution in [0.3, 0.4) is 0 Å². The first kappa shape index (κ1) is 15.4. The molecule has 18 heavy (non-hydrogen) atoms. The molecule has 0 aromatic rings. The number of rotatable bonds is 6. The molecule has 0 saturated carbocycles. The van der Waals surface area contributed by atoms with E-state index in [9.17, 15) is 4.79 Å². The number of nitrogens with zero attached hydrogens (tertiary/aromatic N) is 2. The van der Waals surface area contributed by atoms with Gasteiger partial charge in [0.1, 0.15) is 0 Å². The van der Waals surface area contributed by atoms with Crippen molar-refractivity contribution in [2.24, 2.45) is 0 Å². The molecule has 1 aliphatic rings. The molecule has 1 unspecified atom stereocenters. The first-order valence-electron chi connectivity index (χ1n) is 7.06. The van der Waals surface area contributed by atoms with Gasteiger partial charge < -0.3 is 10.2 Å². The fourth-order valence-electron chi connectivity index (χ4n) is 2.09. The number of hydrogen-bond acceptors (Lipinski definition) is 4. The summed E-state index contributed by atoms with van der Waals surface area (Å²) in [5.41, 5.74) is 3.29. The van der Waals surface area contributed by atoms with Crippen LogP contribution in [0.2, 0.25) is 0 Å². The second kappa shape index (κ2) is 7.71. The second-order valence-corrected chi connectivity index (χ2v) is 5.16. The maximum atomic E-state index is 12.0. The van der Waals surface area contributed by atoms with E-state index in [0.717, 1.165) is 39.0 Å². The van der Waals surface area contributed by atoms with E-state index < -0.39 is 0 Å². The number of nitrogens with one attached hydrogen (secondary N) is 2. The van der Waals surface area contributed by atoms with E-state index in [1.165, 1.54) is 0 Å². The first-order chi connectivity index (χ1) is 8.56. The van der Waals surface area contributed by atoms with Gasteiger partial charge in [-0.2, -0.15) is 0 Å². The number of hydrazine groups is 1. The Balaban J connectivity index is 2.31. The van der Waals surface area contributed by atoms with Crippen LogP contribution in [-0.4, -0.2) is 61.1 Å². The molecule has 1 rings (SSSR count). The third-order valence-corrected chi connectivity index (χ3v) is 3.60. The molecule has 1 aliphatic heterocycles. The van der Waals surface area contributed by atoms with Crippen molar-refractivity contribution in [1.82, 2.24) is 20.7 Å². The van der Waals surface area contributed by atoms with E-state index in [1.807, 2.05) is 6.92 Å². The van der Waals surface area contributed by atoms with Crippen molar-refractivity contribution in [3.8, 4) is 0 Å². The summed E-state index contributed by atoms with van der Waals surface area (Å²) in [7, 11) is 2.13. The minimum atomic E-state index is -0.158. The van der Waals surface area contributed by atoms with Gasteiger partial charge in [-0.3, -0.25) is 4.79 Å². The Morgan fingerprint density at radius 2 is 1.72 bits per heavy atom. The van der Waals surface area contributed by atoms with Crippen molar-refractivity contribution in [1.29, 1.82) is 0 Å². The molecule has 0 spiro atoms. The molecule has 2 N–H and O–H groups in total. The van der Waals surface area contributed by atoms with E-state index in [-0.39, 0.29) is 11.9 Å². The molecule has 0 aromatic heterocycles. The third kappa shape index (κ3) is 4.92. The molecule has 0 aliphatic carbocycles. The molecule has 0 aromatic carbocycles. The van der Waals surface area contributed by atoms with Gasteiger partial charge in [0.2, 0.25) is 5.91 Å². The van der Waals surface area contributed by atoms with Crippen LogP contribution in [0.4, 0.5) is 0 Å². The Kier molecular flexibility index (Phi) is 6.60. The van der Waals surface area contributed by atoms with E-state index in [2.05, 4.69) is 41.5 Å². The fraction of sp³-hybridized carbons (Fsp3) is 0.923. The highest BCUT2D eigenvalue weighted by molar-refractivity contribution is 5.81. The Morgan fingerprint density at radius 1 is 1.17 bits per heavy atom. The van der Waals surface area contributed by atoms with E-state index in [1.54, 1.807) is 0 Å². The Morgan fingerprint density at radius 3 is 2.22 bits per heavy atom. The van der Waals surface area contributed by atoms with Crippen LogP contribution in [-0.2, 0) is 4.79 Å². The summed E-state index contributed by atoms with van der Waals surface area (Å²) in [6.45, 7) is 10.2. The van der Waals surface area contributed by atoms with E-state index in [4.69, 9.17) is 0 Å². The van der Waals surface area contributed by atoms with Gasteiger partial charge in [-0.25, -0.2) is 10.4 Å². The second-order valence-electron chi connectivity index (χ2n) is 5.16. The molecule has 1 fully saturated rings. The van der Waals surface area contributed by atoms with Crippen molar-refractivity contribution in [3.63, 3.8) is 0 Å². The molecular formula is C13H28N4O. The Bertz CT molecular complexity index is 247. The van der Waals surface area contributed by atoms with Crippen LogP contribution < -0.4 is 10.7 Å². The van der Waals surface area contributed by atoms with Gasteiger partial charge in [0.25, 0.3) is 0 Å². The Labute approximate surface area is 111 Å². The largest absolute Gasteiger partial charge is 0.352 e. The van der Waals surface area contributed by atoms with E-state index in [0.29, 0.717) is 6.04 Å². The quantitative estimate of drug-likeness (QED) is 0.723. The fourth-order valence-corrected chi connectivity index (χ4v) is 2.09. The summed E-state index contributed by atoms with van der Waals surface area (Å²) in [6, 6.07) is 0.142. The molecule has 0 bridgehead atoms. The summed E-state index contributed by atoms with van der Waals surface area (Å²) < 4.78 is 0. The van der Waals surface area contributed by atoms with Crippen LogP contribution in [0.25, 0.3) is 0 Å². The SMILES string of the molecule is CCC(CC)NC(=O)C(C)NN1CCN(C)CC1. The predicted octanol–water partition coefficient (Wildman–Crippen LogP) is 0.432. The van der Waals surface area contributed by atoms with Gasteiger partial charge in [0, 0.05) is 32.2 Å². The average Bonchev–Trinajstić information content (AvgIpc) is 2.38. The van der Waals surface area contributed by atoms with Crippen LogP contribution in [0.5, 0.6) is 0 Å². The standard InChI is InChI=1S/C13H28N4O/c1-5-12(6-2)14-13(18)11(3)15-17-9-7-16(4)8-10-17/h11-12,15H,5-10H2,1-4H3,(H,14,18). The predicted molar refractivity (Wildman–Crippen MR) is 74.2 cm³/mol. The van der Waals surface area contributed by atoms with Gasteiger partial charge in [0.05, 0.1) is 6.04 Å². The molecule has 0 radical (unpaired) electrons. The van der Waals surface area contributed by atoms with Crippen LogP contribution in [0.1, 0.15) is 33.6 Å². The molecule has 5 heteroatoms. The zero-order valence-electron chi connectivity index (χ0n) is 12.2. The smallest absolute Gasteiger partial charge is 0.238 e. The van der Waals surface area contributed by atoms with Gasteiger partial charge in [-0.05, 0) is 26.8 Å². The topological polar surface area (TPSA) is 47.6 Å². The summed E-state index contributed by atoms with van der Waals surface area (Å²) in [5.74, 6) is 0.0997. The summed E-state index contributed by atoms with van der Waals surface area (Å²) in [6.07, 6.45) is 1.98. The molecule has 1 saturated heterocycles. The first-order valence-corrected chi connectivity index (χ1v) is 7.06. The highest BCUT2D eigenvalue weighted by Crippen LogP contribution is 1.99. The normalized spacial score (nSPS) is 20.1. The molecule has 5 nitrogen and oxygen atoms in total. The maximum absolute atomic E-state index is 12.0.